The summed E-state index contributed by atoms with van der Waals surface area (Å²) in [7, 11) is 3.30. The Balaban J connectivity index is 2.02. The lowest BCUT2D eigenvalue weighted by molar-refractivity contribution is -0.126. The van der Waals surface area contributed by atoms with Gasteiger partial charge in [-0.05, 0) is 36.4 Å². The highest BCUT2D eigenvalue weighted by Crippen LogP contribution is 2.41. The third kappa shape index (κ3) is 3.82. The van der Waals surface area contributed by atoms with Gasteiger partial charge in [0, 0.05) is 44.5 Å². The maximum absolute atomic E-state index is 12.8. The zero-order chi connectivity index (χ0) is 18.8. The standard InChI is InChI=1S/C20H21Br2NO3/c1-11-17(24)10-16(14-8-12(21)4-6-18(14)25-2)23-20(11)15-9-13(22)5-7-19(15)26-3/h4-9,11,16,20,23H,10H2,1-3H3/t11-,16+,20-/m1/s1. The van der Waals surface area contributed by atoms with Crippen LogP contribution in [0.1, 0.15) is 36.6 Å². The fourth-order valence-electron chi connectivity index (χ4n) is 3.48. The maximum atomic E-state index is 12.8. The van der Waals surface area contributed by atoms with Crippen molar-refractivity contribution in [2.75, 3.05) is 14.2 Å². The molecule has 0 radical (unpaired) electrons. The Morgan fingerprint density at radius 3 is 2.08 bits per heavy atom. The third-order valence-corrected chi connectivity index (χ3v) is 5.87. The monoisotopic (exact) mass is 481 g/mol. The van der Waals surface area contributed by atoms with E-state index in [1.54, 1.807) is 14.2 Å². The van der Waals surface area contributed by atoms with Crippen LogP contribution in [0.2, 0.25) is 0 Å². The lowest BCUT2D eigenvalue weighted by Crippen LogP contribution is -2.41. The summed E-state index contributed by atoms with van der Waals surface area (Å²) in [6.07, 6.45) is 0.431. The quantitative estimate of drug-likeness (QED) is 0.649. The number of ketones is 1. The van der Waals surface area contributed by atoms with Crippen molar-refractivity contribution in [3.8, 4) is 11.5 Å². The summed E-state index contributed by atoms with van der Waals surface area (Å²) < 4.78 is 13.0. The smallest absolute Gasteiger partial charge is 0.139 e. The average Bonchev–Trinajstić information content (AvgIpc) is 2.63. The van der Waals surface area contributed by atoms with Crippen molar-refractivity contribution >= 4 is 37.6 Å². The first-order valence-corrected chi connectivity index (χ1v) is 9.98. The molecule has 0 spiro atoms. The molecule has 2 aromatic rings. The van der Waals surface area contributed by atoms with E-state index < -0.39 is 0 Å². The largest absolute Gasteiger partial charge is 0.496 e. The predicted octanol–water partition coefficient (Wildman–Crippen LogP) is 5.21. The van der Waals surface area contributed by atoms with Gasteiger partial charge in [-0.2, -0.15) is 0 Å². The van der Waals surface area contributed by atoms with Crippen LogP contribution in [-0.4, -0.2) is 20.0 Å². The van der Waals surface area contributed by atoms with E-state index >= 15 is 0 Å². The molecule has 3 rings (SSSR count). The third-order valence-electron chi connectivity index (χ3n) is 4.89. The van der Waals surface area contributed by atoms with Gasteiger partial charge < -0.3 is 14.8 Å². The SMILES string of the molecule is COc1ccc(Br)cc1[C@@H]1CC(=O)[C@@H](C)[C@H](c2cc(Br)ccc2OC)N1. The predicted molar refractivity (Wildman–Crippen MR) is 109 cm³/mol. The number of piperidine rings is 1. The highest BCUT2D eigenvalue weighted by Gasteiger charge is 2.37. The van der Waals surface area contributed by atoms with E-state index in [1.165, 1.54) is 0 Å². The van der Waals surface area contributed by atoms with Gasteiger partial charge in [-0.15, -0.1) is 0 Å². The first kappa shape index (κ1) is 19.4. The Morgan fingerprint density at radius 2 is 1.50 bits per heavy atom. The van der Waals surface area contributed by atoms with Crippen LogP contribution in [0.5, 0.6) is 11.5 Å². The second kappa shape index (κ2) is 8.11. The molecule has 0 bridgehead atoms. The van der Waals surface area contributed by atoms with Crippen molar-refractivity contribution in [2.45, 2.75) is 25.4 Å². The summed E-state index contributed by atoms with van der Waals surface area (Å²) in [5.41, 5.74) is 1.95. The van der Waals surface area contributed by atoms with Gasteiger partial charge in [-0.3, -0.25) is 4.79 Å². The molecule has 3 atom stereocenters. The first-order valence-electron chi connectivity index (χ1n) is 8.40. The molecule has 1 heterocycles. The molecule has 6 heteroatoms. The number of ether oxygens (including phenoxy) is 2. The number of halogens is 2. The molecule has 0 amide bonds. The molecule has 1 saturated heterocycles. The Morgan fingerprint density at radius 1 is 0.962 bits per heavy atom. The minimum atomic E-state index is -0.146. The molecule has 1 aliphatic rings. The number of carbonyl (C=O) groups is 1. The Hall–Kier alpha value is -1.37. The summed E-state index contributed by atoms with van der Waals surface area (Å²) in [6, 6.07) is 11.5. The molecule has 138 valence electrons. The summed E-state index contributed by atoms with van der Waals surface area (Å²) in [6.45, 7) is 1.97. The molecular weight excluding hydrogens is 462 g/mol. The van der Waals surface area contributed by atoms with Gasteiger partial charge in [0.05, 0.1) is 14.2 Å². The highest BCUT2D eigenvalue weighted by atomic mass is 79.9. The Kier molecular flexibility index (Phi) is 6.05. The molecule has 1 N–H and O–H groups in total. The van der Waals surface area contributed by atoms with Gasteiger partial charge >= 0.3 is 0 Å². The minimum Gasteiger partial charge on any atom is -0.496 e. The van der Waals surface area contributed by atoms with Crippen LogP contribution in [0.3, 0.4) is 0 Å². The van der Waals surface area contributed by atoms with Crippen molar-refractivity contribution in [3.05, 3.63) is 56.5 Å². The van der Waals surface area contributed by atoms with E-state index in [2.05, 4.69) is 37.2 Å². The highest BCUT2D eigenvalue weighted by molar-refractivity contribution is 9.10. The molecule has 0 aliphatic carbocycles. The van der Waals surface area contributed by atoms with Crippen LogP contribution in [0.15, 0.2) is 45.3 Å². The number of methoxy groups -OCH3 is 2. The van der Waals surface area contributed by atoms with Crippen LogP contribution in [-0.2, 0) is 4.79 Å². The number of benzene rings is 2. The van der Waals surface area contributed by atoms with Gasteiger partial charge in [0.25, 0.3) is 0 Å². The van der Waals surface area contributed by atoms with E-state index in [-0.39, 0.29) is 23.8 Å². The van der Waals surface area contributed by atoms with Gasteiger partial charge in [0.15, 0.2) is 0 Å². The molecule has 2 aromatic carbocycles. The number of nitrogens with one attached hydrogen (secondary N) is 1. The minimum absolute atomic E-state index is 0.125. The van der Waals surface area contributed by atoms with Crippen molar-refractivity contribution < 1.29 is 14.3 Å². The Labute approximate surface area is 170 Å². The molecule has 1 fully saturated rings. The first-order chi connectivity index (χ1) is 12.4. The molecule has 26 heavy (non-hydrogen) atoms. The van der Waals surface area contributed by atoms with Crippen LogP contribution >= 0.6 is 31.9 Å². The van der Waals surface area contributed by atoms with Crippen LogP contribution in [0.4, 0.5) is 0 Å². The van der Waals surface area contributed by atoms with Gasteiger partial charge in [0.1, 0.15) is 17.3 Å². The van der Waals surface area contributed by atoms with Crippen molar-refractivity contribution in [1.82, 2.24) is 5.32 Å². The fraction of sp³-hybridized carbons (Fsp3) is 0.350. The number of hydrogen-bond acceptors (Lipinski definition) is 4. The van der Waals surface area contributed by atoms with Crippen LogP contribution in [0, 0.1) is 5.92 Å². The molecule has 0 unspecified atom stereocenters. The lowest BCUT2D eigenvalue weighted by Gasteiger charge is -2.36. The molecule has 4 nitrogen and oxygen atoms in total. The van der Waals surface area contributed by atoms with Crippen molar-refractivity contribution in [3.63, 3.8) is 0 Å². The zero-order valence-corrected chi connectivity index (χ0v) is 18.1. The van der Waals surface area contributed by atoms with Crippen molar-refractivity contribution in [1.29, 1.82) is 0 Å². The normalized spacial score (nSPS) is 23.0. The number of Topliss-reactive ketones (excluding diaryl/α,β-unsaturated/α-hetero) is 1. The average molecular weight is 483 g/mol. The molecule has 0 aromatic heterocycles. The van der Waals surface area contributed by atoms with Crippen molar-refractivity contribution in [2.24, 2.45) is 5.92 Å². The van der Waals surface area contributed by atoms with Crippen LogP contribution < -0.4 is 14.8 Å². The zero-order valence-electron chi connectivity index (χ0n) is 14.9. The van der Waals surface area contributed by atoms with Gasteiger partial charge in [-0.1, -0.05) is 38.8 Å². The molecule has 0 saturated carbocycles. The summed E-state index contributed by atoms with van der Waals surface area (Å²) >= 11 is 7.04. The second-order valence-corrected chi connectivity index (χ2v) is 8.26. The van der Waals surface area contributed by atoms with E-state index in [9.17, 15) is 4.79 Å². The maximum Gasteiger partial charge on any atom is 0.139 e. The summed E-state index contributed by atoms with van der Waals surface area (Å²) in [4.78, 5) is 12.8. The fourth-order valence-corrected chi connectivity index (χ4v) is 4.24. The summed E-state index contributed by atoms with van der Waals surface area (Å²) in [5, 5.41) is 3.65. The van der Waals surface area contributed by atoms with Gasteiger partial charge in [0.2, 0.25) is 0 Å². The molecule has 1 aliphatic heterocycles. The van der Waals surface area contributed by atoms with Crippen LogP contribution in [0.25, 0.3) is 0 Å². The Bertz CT molecular complexity index is 825. The van der Waals surface area contributed by atoms with E-state index in [0.717, 1.165) is 31.6 Å². The van der Waals surface area contributed by atoms with Gasteiger partial charge in [-0.25, -0.2) is 0 Å². The molecular formula is C20H21Br2NO3. The number of carbonyl (C=O) groups excluding carboxylic acids is 1. The number of hydrogen-bond donors (Lipinski definition) is 1. The topological polar surface area (TPSA) is 47.6 Å². The van der Waals surface area contributed by atoms with E-state index in [0.29, 0.717) is 6.42 Å². The second-order valence-electron chi connectivity index (χ2n) is 6.43. The number of rotatable bonds is 4. The van der Waals surface area contributed by atoms with E-state index in [1.807, 2.05) is 43.3 Å². The lowest BCUT2D eigenvalue weighted by atomic mass is 9.81. The summed E-state index contributed by atoms with van der Waals surface area (Å²) in [5.74, 6) is 1.62. The van der Waals surface area contributed by atoms with E-state index in [4.69, 9.17) is 9.47 Å².